The first kappa shape index (κ1) is 17.5. The maximum atomic E-state index is 13.0. The predicted molar refractivity (Wildman–Crippen MR) is 98.4 cm³/mol. The number of carbonyl (C=O) groups excluding carboxylic acids is 1. The highest BCUT2D eigenvalue weighted by molar-refractivity contribution is 7.18. The van der Waals surface area contributed by atoms with Gasteiger partial charge in [0.15, 0.2) is 5.01 Å². The molecule has 0 aliphatic heterocycles. The number of nitrogens with zero attached hydrogens (tertiary/aromatic N) is 2. The summed E-state index contributed by atoms with van der Waals surface area (Å²) in [7, 11) is 0. The molecule has 1 aromatic heterocycles. The molecule has 7 heteroatoms. The average molecular weight is 376 g/mol. The summed E-state index contributed by atoms with van der Waals surface area (Å²) in [6.45, 7) is 1.92. The van der Waals surface area contributed by atoms with Crippen LogP contribution in [0.15, 0.2) is 48.5 Å². The highest BCUT2D eigenvalue weighted by atomic mass is 35.5. The van der Waals surface area contributed by atoms with Crippen molar-refractivity contribution in [2.75, 3.05) is 5.32 Å². The zero-order chi connectivity index (χ0) is 17.8. The predicted octanol–water partition coefficient (Wildman–Crippen LogP) is 5.13. The second kappa shape index (κ2) is 7.72. The van der Waals surface area contributed by atoms with Gasteiger partial charge < -0.3 is 5.32 Å². The third-order valence-electron chi connectivity index (χ3n) is 3.71. The Labute approximate surface area is 153 Å². The Morgan fingerprint density at radius 2 is 1.92 bits per heavy atom. The molecule has 0 bridgehead atoms. The monoisotopic (exact) mass is 375 g/mol. The lowest BCUT2D eigenvalue weighted by molar-refractivity contribution is -0.116. The molecular weight excluding hydrogens is 361 g/mol. The van der Waals surface area contributed by atoms with E-state index < -0.39 is 0 Å². The Morgan fingerprint density at radius 1 is 1.20 bits per heavy atom. The number of hydrogen-bond donors (Lipinski definition) is 1. The largest absolute Gasteiger partial charge is 0.301 e. The van der Waals surface area contributed by atoms with Gasteiger partial charge in [-0.05, 0) is 29.7 Å². The molecule has 2 aromatic carbocycles. The molecule has 0 radical (unpaired) electrons. The van der Waals surface area contributed by atoms with Gasteiger partial charge in [-0.15, -0.1) is 10.2 Å². The number of nitrogens with one attached hydrogen (secondary N) is 1. The smallest absolute Gasteiger partial charge is 0.226 e. The summed E-state index contributed by atoms with van der Waals surface area (Å²) >= 11 is 7.41. The van der Waals surface area contributed by atoms with Crippen LogP contribution in [0.2, 0.25) is 5.02 Å². The minimum absolute atomic E-state index is 0.0310. The average Bonchev–Trinajstić information content (AvgIpc) is 3.03. The van der Waals surface area contributed by atoms with E-state index in [2.05, 4.69) is 15.5 Å². The third-order valence-corrected chi connectivity index (χ3v) is 4.91. The first-order chi connectivity index (χ1) is 12.0. The van der Waals surface area contributed by atoms with Crippen molar-refractivity contribution in [2.45, 2.75) is 19.3 Å². The van der Waals surface area contributed by atoms with Crippen LogP contribution in [0.3, 0.4) is 0 Å². The molecule has 0 fully saturated rings. The van der Waals surface area contributed by atoms with E-state index >= 15 is 0 Å². The number of hydrogen-bond acceptors (Lipinski definition) is 4. The van der Waals surface area contributed by atoms with Crippen molar-refractivity contribution in [1.29, 1.82) is 0 Å². The van der Waals surface area contributed by atoms with E-state index in [4.69, 9.17) is 11.6 Å². The van der Waals surface area contributed by atoms with Gasteiger partial charge in [-0.25, -0.2) is 4.39 Å². The van der Waals surface area contributed by atoms with Crippen molar-refractivity contribution in [3.63, 3.8) is 0 Å². The zero-order valence-electron chi connectivity index (χ0n) is 13.4. The summed E-state index contributed by atoms with van der Waals surface area (Å²) in [6, 6.07) is 13.5. The number of benzene rings is 2. The highest BCUT2D eigenvalue weighted by Crippen LogP contribution is 2.31. The minimum atomic E-state index is -0.290. The molecule has 0 aliphatic carbocycles. The molecule has 3 rings (SSSR count). The number of carbonyl (C=O) groups is 1. The summed E-state index contributed by atoms with van der Waals surface area (Å²) in [5.41, 5.74) is 1.69. The zero-order valence-corrected chi connectivity index (χ0v) is 14.9. The minimum Gasteiger partial charge on any atom is -0.301 e. The first-order valence-corrected chi connectivity index (χ1v) is 8.86. The summed E-state index contributed by atoms with van der Waals surface area (Å²) in [5.74, 6) is -0.489. The van der Waals surface area contributed by atoms with Gasteiger partial charge in [0.05, 0.1) is 5.02 Å². The second-order valence-electron chi connectivity index (χ2n) is 5.60. The Kier molecular flexibility index (Phi) is 5.40. The molecule has 1 unspecified atom stereocenters. The molecule has 0 aliphatic rings. The van der Waals surface area contributed by atoms with E-state index in [1.807, 2.05) is 25.1 Å². The molecule has 3 aromatic rings. The third kappa shape index (κ3) is 4.41. The van der Waals surface area contributed by atoms with E-state index in [0.29, 0.717) is 15.2 Å². The van der Waals surface area contributed by atoms with Gasteiger partial charge in [0.2, 0.25) is 11.0 Å². The molecule has 4 nitrogen and oxygen atoms in total. The molecule has 0 saturated heterocycles. The molecule has 1 heterocycles. The maximum absolute atomic E-state index is 13.0. The van der Waals surface area contributed by atoms with Gasteiger partial charge in [-0.3, -0.25) is 4.79 Å². The van der Waals surface area contributed by atoms with E-state index in [-0.39, 0.29) is 24.1 Å². The van der Waals surface area contributed by atoms with Crippen LogP contribution in [-0.2, 0) is 4.79 Å². The van der Waals surface area contributed by atoms with Crippen molar-refractivity contribution < 1.29 is 9.18 Å². The fraction of sp³-hybridized carbons (Fsp3) is 0.167. The highest BCUT2D eigenvalue weighted by Gasteiger charge is 2.15. The lowest BCUT2D eigenvalue weighted by Gasteiger charge is -2.10. The van der Waals surface area contributed by atoms with Crippen LogP contribution in [0.4, 0.5) is 9.52 Å². The molecule has 0 spiro atoms. The van der Waals surface area contributed by atoms with Crippen LogP contribution < -0.4 is 5.32 Å². The first-order valence-electron chi connectivity index (χ1n) is 7.66. The Morgan fingerprint density at radius 3 is 2.64 bits per heavy atom. The molecular formula is C18H15ClFN3OS. The number of anilines is 1. The van der Waals surface area contributed by atoms with Crippen LogP contribution in [0.5, 0.6) is 0 Å². The quantitative estimate of drug-likeness (QED) is 0.672. The number of aromatic nitrogens is 2. The molecule has 1 atom stereocenters. The van der Waals surface area contributed by atoms with Gasteiger partial charge in [0, 0.05) is 12.0 Å². The van der Waals surface area contributed by atoms with Crippen molar-refractivity contribution >= 4 is 34.0 Å². The standard InChI is InChI=1S/C18H15ClFN3OS/c1-11(12-6-8-13(20)9-7-12)10-16(24)21-18-23-22-17(25-18)14-4-2-3-5-15(14)19/h2-9,11H,10H2,1H3,(H,21,23,24). The van der Waals surface area contributed by atoms with Gasteiger partial charge in [0.25, 0.3) is 0 Å². The Bertz CT molecular complexity index is 882. The topological polar surface area (TPSA) is 54.9 Å². The molecule has 0 saturated carbocycles. The summed E-state index contributed by atoms with van der Waals surface area (Å²) in [6.07, 6.45) is 0.270. The normalized spacial score (nSPS) is 12.0. The SMILES string of the molecule is CC(CC(=O)Nc1nnc(-c2ccccc2Cl)s1)c1ccc(F)cc1. The van der Waals surface area contributed by atoms with Gasteiger partial charge in [0.1, 0.15) is 5.82 Å². The number of halogens is 2. The van der Waals surface area contributed by atoms with E-state index in [9.17, 15) is 9.18 Å². The van der Waals surface area contributed by atoms with Crippen molar-refractivity contribution in [2.24, 2.45) is 0 Å². The second-order valence-corrected chi connectivity index (χ2v) is 6.98. The van der Waals surface area contributed by atoms with Crippen LogP contribution >= 0.6 is 22.9 Å². The van der Waals surface area contributed by atoms with Gasteiger partial charge >= 0.3 is 0 Å². The molecule has 128 valence electrons. The summed E-state index contributed by atoms with van der Waals surface area (Å²) < 4.78 is 13.0. The Balaban J connectivity index is 1.64. The lowest BCUT2D eigenvalue weighted by Crippen LogP contribution is -2.14. The van der Waals surface area contributed by atoms with Crippen LogP contribution in [0.1, 0.15) is 24.8 Å². The molecule has 1 amide bonds. The number of rotatable bonds is 5. The van der Waals surface area contributed by atoms with Crippen molar-refractivity contribution in [3.8, 4) is 10.6 Å². The fourth-order valence-corrected chi connectivity index (χ4v) is 3.46. The maximum Gasteiger partial charge on any atom is 0.226 e. The van der Waals surface area contributed by atoms with Gasteiger partial charge in [-0.1, -0.05) is 60.2 Å². The summed E-state index contributed by atoms with van der Waals surface area (Å²) in [5, 5.41) is 12.5. The van der Waals surface area contributed by atoms with E-state index in [1.54, 1.807) is 18.2 Å². The van der Waals surface area contributed by atoms with Crippen LogP contribution in [0.25, 0.3) is 10.6 Å². The van der Waals surface area contributed by atoms with Gasteiger partial charge in [-0.2, -0.15) is 0 Å². The summed E-state index contributed by atoms with van der Waals surface area (Å²) in [4.78, 5) is 12.2. The Hall–Kier alpha value is -2.31. The van der Waals surface area contributed by atoms with Crippen LogP contribution in [0, 0.1) is 5.82 Å². The van der Waals surface area contributed by atoms with E-state index in [0.717, 1.165) is 11.1 Å². The van der Waals surface area contributed by atoms with Crippen molar-refractivity contribution in [3.05, 3.63) is 64.9 Å². The lowest BCUT2D eigenvalue weighted by atomic mass is 9.97. The number of amides is 1. The fourth-order valence-electron chi connectivity index (χ4n) is 2.37. The van der Waals surface area contributed by atoms with E-state index in [1.165, 1.54) is 23.5 Å². The van der Waals surface area contributed by atoms with Crippen molar-refractivity contribution in [1.82, 2.24) is 10.2 Å². The molecule has 1 N–H and O–H groups in total. The molecule has 25 heavy (non-hydrogen) atoms. The van der Waals surface area contributed by atoms with Crippen LogP contribution in [-0.4, -0.2) is 16.1 Å².